The van der Waals surface area contributed by atoms with E-state index in [1.807, 2.05) is 0 Å². The lowest BCUT2D eigenvalue weighted by Gasteiger charge is -2.18. The average molecular weight is 313 g/mol. The molecular weight excluding hydrogens is 297 g/mol. The molecule has 0 bridgehead atoms. The molecule has 3 heterocycles. The molecule has 0 amide bonds. The van der Waals surface area contributed by atoms with Gasteiger partial charge in [-0.25, -0.2) is 9.37 Å². The van der Waals surface area contributed by atoms with E-state index in [4.69, 9.17) is 9.47 Å². The molecule has 120 valence electrons. The van der Waals surface area contributed by atoms with E-state index >= 15 is 0 Å². The summed E-state index contributed by atoms with van der Waals surface area (Å²) in [4.78, 5) is 16.0. The highest BCUT2D eigenvalue weighted by atomic mass is 19.1. The van der Waals surface area contributed by atoms with Crippen molar-refractivity contribution in [1.29, 1.82) is 0 Å². The molecule has 0 radical (unpaired) electrons. The largest absolute Gasteiger partial charge is 0.394 e. The summed E-state index contributed by atoms with van der Waals surface area (Å²) in [6.07, 6.45) is -1.34. The zero-order chi connectivity index (χ0) is 16.0. The molecule has 2 aromatic rings. The highest BCUT2D eigenvalue weighted by molar-refractivity contribution is 5.75. The van der Waals surface area contributed by atoms with E-state index in [9.17, 15) is 19.4 Å². The molecular formula is C13H16FN3O5. The first kappa shape index (κ1) is 15.1. The number of aliphatic hydroxyl groups excluding tert-OH is 2. The van der Waals surface area contributed by atoms with Crippen LogP contribution in [0.4, 0.5) is 4.39 Å². The third-order valence-electron chi connectivity index (χ3n) is 3.88. The van der Waals surface area contributed by atoms with Gasteiger partial charge in [0.25, 0.3) is 5.56 Å². The van der Waals surface area contributed by atoms with Crippen molar-refractivity contribution in [3.05, 3.63) is 28.7 Å². The summed E-state index contributed by atoms with van der Waals surface area (Å²) in [6, 6.07) is 0. The molecule has 0 spiro atoms. The normalized spacial score (nSPS) is 28.6. The third kappa shape index (κ3) is 2.05. The number of aromatic nitrogens is 3. The summed E-state index contributed by atoms with van der Waals surface area (Å²) < 4.78 is 27.1. The summed E-state index contributed by atoms with van der Waals surface area (Å²) >= 11 is 0. The van der Waals surface area contributed by atoms with Crippen LogP contribution in [0, 0.1) is 5.82 Å². The predicted molar refractivity (Wildman–Crippen MR) is 72.7 cm³/mol. The van der Waals surface area contributed by atoms with Crippen LogP contribution in [0.2, 0.25) is 0 Å². The summed E-state index contributed by atoms with van der Waals surface area (Å²) in [7, 11) is 2.85. The monoisotopic (exact) mass is 313 g/mol. The second kappa shape index (κ2) is 5.43. The van der Waals surface area contributed by atoms with Crippen LogP contribution in [0.1, 0.15) is 6.23 Å². The molecule has 1 aliphatic heterocycles. The van der Waals surface area contributed by atoms with Crippen LogP contribution in [0.3, 0.4) is 0 Å². The Morgan fingerprint density at radius 3 is 2.86 bits per heavy atom. The van der Waals surface area contributed by atoms with Crippen molar-refractivity contribution < 1.29 is 24.1 Å². The van der Waals surface area contributed by atoms with Gasteiger partial charge >= 0.3 is 0 Å². The number of fused-ring (bicyclic) bond motifs is 1. The van der Waals surface area contributed by atoms with Crippen LogP contribution in [-0.4, -0.2) is 56.4 Å². The van der Waals surface area contributed by atoms with Crippen molar-refractivity contribution in [2.75, 3.05) is 13.7 Å². The van der Waals surface area contributed by atoms with Crippen molar-refractivity contribution in [2.24, 2.45) is 7.05 Å². The smallest absolute Gasteiger partial charge is 0.265 e. The summed E-state index contributed by atoms with van der Waals surface area (Å²) in [5.74, 6) is -0.749. The van der Waals surface area contributed by atoms with Gasteiger partial charge in [0.05, 0.1) is 12.9 Å². The summed E-state index contributed by atoms with van der Waals surface area (Å²) in [6.45, 7) is -0.358. The highest BCUT2D eigenvalue weighted by Gasteiger charge is 2.45. The van der Waals surface area contributed by atoms with Crippen molar-refractivity contribution >= 4 is 11.0 Å². The maximum atomic E-state index is 14.1. The van der Waals surface area contributed by atoms with E-state index in [-0.39, 0.29) is 17.6 Å². The van der Waals surface area contributed by atoms with Gasteiger partial charge in [-0.2, -0.15) is 0 Å². The third-order valence-corrected chi connectivity index (χ3v) is 3.88. The number of halogens is 1. The van der Waals surface area contributed by atoms with Crippen LogP contribution in [-0.2, 0) is 16.5 Å². The van der Waals surface area contributed by atoms with E-state index in [1.165, 1.54) is 25.1 Å². The van der Waals surface area contributed by atoms with E-state index in [1.54, 1.807) is 0 Å². The highest BCUT2D eigenvalue weighted by Crippen LogP contribution is 2.33. The fraction of sp³-hybridized carbons (Fsp3) is 0.538. The Balaban J connectivity index is 2.12. The summed E-state index contributed by atoms with van der Waals surface area (Å²) in [5.41, 5.74) is -0.464. The number of methoxy groups -OCH3 is 1. The molecule has 0 saturated carbocycles. The fourth-order valence-corrected chi connectivity index (χ4v) is 2.76. The van der Waals surface area contributed by atoms with Crippen LogP contribution in [0.15, 0.2) is 17.3 Å². The topological polar surface area (TPSA) is 98.7 Å². The number of aliphatic hydroxyl groups is 2. The predicted octanol–water partition coefficient (Wildman–Crippen LogP) is -0.860. The first-order valence-electron chi connectivity index (χ1n) is 6.68. The Morgan fingerprint density at radius 2 is 2.27 bits per heavy atom. The molecule has 22 heavy (non-hydrogen) atoms. The van der Waals surface area contributed by atoms with Gasteiger partial charge in [0.2, 0.25) is 0 Å². The van der Waals surface area contributed by atoms with Gasteiger partial charge in [0.1, 0.15) is 23.7 Å². The van der Waals surface area contributed by atoms with Crippen LogP contribution in [0.5, 0.6) is 0 Å². The second-order valence-corrected chi connectivity index (χ2v) is 5.18. The molecule has 1 fully saturated rings. The lowest BCUT2D eigenvalue weighted by Crippen LogP contribution is -2.35. The van der Waals surface area contributed by atoms with Crippen LogP contribution < -0.4 is 5.56 Å². The minimum atomic E-state index is -1.14. The SMILES string of the molecule is CO[C@H]1[C@@H](O)[C@H](n2cc(F)c3c(=O)n(C)cnc32)O[C@@H]1CO. The zero-order valence-corrected chi connectivity index (χ0v) is 12.0. The number of nitrogens with zero attached hydrogens (tertiary/aromatic N) is 3. The van der Waals surface area contributed by atoms with E-state index in [0.717, 1.165) is 10.8 Å². The number of hydrogen-bond acceptors (Lipinski definition) is 6. The zero-order valence-electron chi connectivity index (χ0n) is 12.0. The molecule has 0 aliphatic carbocycles. The number of aryl methyl sites for hydroxylation is 1. The Hall–Kier alpha value is -1.81. The van der Waals surface area contributed by atoms with Crippen molar-refractivity contribution in [3.63, 3.8) is 0 Å². The Labute approximate surface area is 124 Å². The van der Waals surface area contributed by atoms with Gasteiger partial charge in [0.15, 0.2) is 17.7 Å². The van der Waals surface area contributed by atoms with Crippen LogP contribution >= 0.6 is 0 Å². The quantitative estimate of drug-likeness (QED) is 0.765. The number of ether oxygens (including phenoxy) is 2. The van der Waals surface area contributed by atoms with Gasteiger partial charge < -0.3 is 28.8 Å². The van der Waals surface area contributed by atoms with Crippen molar-refractivity contribution in [2.45, 2.75) is 24.5 Å². The molecule has 9 heteroatoms. The van der Waals surface area contributed by atoms with E-state index in [0.29, 0.717) is 0 Å². The molecule has 3 rings (SSSR count). The molecule has 8 nitrogen and oxygen atoms in total. The maximum absolute atomic E-state index is 14.1. The van der Waals surface area contributed by atoms with E-state index in [2.05, 4.69) is 4.98 Å². The fourth-order valence-electron chi connectivity index (χ4n) is 2.76. The Bertz CT molecular complexity index is 758. The van der Waals surface area contributed by atoms with Crippen molar-refractivity contribution in [1.82, 2.24) is 14.1 Å². The minimum Gasteiger partial charge on any atom is -0.394 e. The van der Waals surface area contributed by atoms with E-state index < -0.39 is 35.9 Å². The maximum Gasteiger partial charge on any atom is 0.265 e. The summed E-state index contributed by atoms with van der Waals surface area (Å²) in [5, 5.41) is 19.4. The first-order chi connectivity index (χ1) is 10.5. The number of rotatable bonds is 3. The molecule has 1 saturated heterocycles. The molecule has 0 unspecified atom stereocenters. The van der Waals surface area contributed by atoms with Gasteiger partial charge in [0, 0.05) is 20.4 Å². The molecule has 4 atom stereocenters. The lowest BCUT2D eigenvalue weighted by molar-refractivity contribution is -0.0535. The molecule has 0 aromatic carbocycles. The lowest BCUT2D eigenvalue weighted by atomic mass is 10.1. The first-order valence-corrected chi connectivity index (χ1v) is 6.68. The number of hydrogen-bond donors (Lipinski definition) is 2. The minimum absolute atomic E-state index is 0.0677. The van der Waals surface area contributed by atoms with Crippen LogP contribution in [0.25, 0.3) is 11.0 Å². The molecule has 2 aromatic heterocycles. The van der Waals surface area contributed by atoms with Gasteiger partial charge in [-0.15, -0.1) is 0 Å². The average Bonchev–Trinajstić information content (AvgIpc) is 3.00. The Morgan fingerprint density at radius 1 is 1.55 bits per heavy atom. The standard InChI is InChI=1S/C13H16FN3O5/c1-16-5-15-11-8(12(16)20)6(14)3-17(11)13-9(19)10(21-2)7(4-18)22-13/h3,5,7,9-10,13,18-19H,4H2,1-2H3/t7-,9-,10-,13-/m1/s1. The second-order valence-electron chi connectivity index (χ2n) is 5.18. The Kier molecular flexibility index (Phi) is 3.73. The molecule has 2 N–H and O–H groups in total. The molecule has 1 aliphatic rings. The van der Waals surface area contributed by atoms with Gasteiger partial charge in [-0.1, -0.05) is 0 Å². The van der Waals surface area contributed by atoms with Gasteiger partial charge in [-0.05, 0) is 0 Å². The van der Waals surface area contributed by atoms with Crippen molar-refractivity contribution in [3.8, 4) is 0 Å². The van der Waals surface area contributed by atoms with Gasteiger partial charge in [-0.3, -0.25) is 4.79 Å².